The Labute approximate surface area is 131 Å². The van der Waals surface area contributed by atoms with Gasteiger partial charge in [-0.2, -0.15) is 0 Å². The van der Waals surface area contributed by atoms with Crippen LogP contribution in [-0.2, 0) is 4.74 Å². The summed E-state index contributed by atoms with van der Waals surface area (Å²) in [6, 6.07) is 2.14. The van der Waals surface area contributed by atoms with Crippen LogP contribution in [0.1, 0.15) is 72.6 Å². The smallest absolute Gasteiger partial charge is 0.0692 e. The first-order valence-corrected chi connectivity index (χ1v) is 9.31. The normalized spacial score (nSPS) is 34.0. The highest BCUT2D eigenvalue weighted by Crippen LogP contribution is 2.35. The van der Waals surface area contributed by atoms with Gasteiger partial charge in [0.05, 0.1) is 5.60 Å². The van der Waals surface area contributed by atoms with E-state index in [2.05, 4.69) is 37.9 Å². The van der Waals surface area contributed by atoms with Crippen LogP contribution in [-0.4, -0.2) is 48.3 Å². The zero-order valence-corrected chi connectivity index (χ0v) is 14.7. The van der Waals surface area contributed by atoms with Gasteiger partial charge in [-0.25, -0.2) is 0 Å². The Kier molecular flexibility index (Phi) is 6.51. The van der Waals surface area contributed by atoms with E-state index in [1.807, 2.05) is 0 Å². The van der Waals surface area contributed by atoms with Gasteiger partial charge in [0.2, 0.25) is 0 Å². The van der Waals surface area contributed by atoms with Gasteiger partial charge in [-0.1, -0.05) is 34.1 Å². The molecule has 0 aromatic heterocycles. The van der Waals surface area contributed by atoms with E-state index in [0.717, 1.165) is 25.5 Å². The molecule has 2 saturated heterocycles. The van der Waals surface area contributed by atoms with Crippen molar-refractivity contribution in [2.45, 2.75) is 96.4 Å². The van der Waals surface area contributed by atoms with Crippen molar-refractivity contribution in [3.05, 3.63) is 0 Å². The van der Waals surface area contributed by atoms with E-state index < -0.39 is 0 Å². The maximum absolute atomic E-state index is 6.19. The van der Waals surface area contributed by atoms with Crippen molar-refractivity contribution in [3.8, 4) is 0 Å². The van der Waals surface area contributed by atoms with Gasteiger partial charge in [0.25, 0.3) is 0 Å². The predicted octanol–water partition coefficient (Wildman–Crippen LogP) is 3.58. The predicted molar refractivity (Wildman–Crippen MR) is 89.8 cm³/mol. The zero-order chi connectivity index (χ0) is 15.3. The zero-order valence-electron chi connectivity index (χ0n) is 14.7. The lowest BCUT2D eigenvalue weighted by Gasteiger charge is -2.49. The SMILES string of the molecule is CCCC1CN(C2CCOC(CC)(CC)C2)C(CC)CN1. The number of ether oxygens (including phenoxy) is 1. The summed E-state index contributed by atoms with van der Waals surface area (Å²) >= 11 is 0. The second kappa shape index (κ2) is 7.94. The van der Waals surface area contributed by atoms with Crippen LogP contribution in [0.15, 0.2) is 0 Å². The third-order valence-electron chi connectivity index (χ3n) is 5.88. The summed E-state index contributed by atoms with van der Waals surface area (Å²) in [4.78, 5) is 2.83. The highest BCUT2D eigenvalue weighted by Gasteiger charge is 2.40. The van der Waals surface area contributed by atoms with Crippen LogP contribution >= 0.6 is 0 Å². The Bertz CT molecular complexity index is 304. The lowest BCUT2D eigenvalue weighted by Crippen LogP contribution is -2.61. The van der Waals surface area contributed by atoms with E-state index in [0.29, 0.717) is 12.1 Å². The highest BCUT2D eigenvalue weighted by molar-refractivity contribution is 4.95. The molecule has 21 heavy (non-hydrogen) atoms. The Morgan fingerprint density at radius 2 is 1.95 bits per heavy atom. The minimum Gasteiger partial charge on any atom is -0.375 e. The van der Waals surface area contributed by atoms with E-state index >= 15 is 0 Å². The Morgan fingerprint density at radius 3 is 2.57 bits per heavy atom. The van der Waals surface area contributed by atoms with Crippen LogP contribution in [0.2, 0.25) is 0 Å². The fraction of sp³-hybridized carbons (Fsp3) is 1.00. The van der Waals surface area contributed by atoms with Crippen LogP contribution < -0.4 is 5.32 Å². The summed E-state index contributed by atoms with van der Waals surface area (Å²) < 4.78 is 6.19. The molecule has 0 aromatic rings. The molecule has 3 nitrogen and oxygen atoms in total. The molecule has 3 heteroatoms. The highest BCUT2D eigenvalue weighted by atomic mass is 16.5. The number of hydrogen-bond acceptors (Lipinski definition) is 3. The van der Waals surface area contributed by atoms with Crippen molar-refractivity contribution in [1.29, 1.82) is 0 Å². The van der Waals surface area contributed by atoms with E-state index in [9.17, 15) is 0 Å². The van der Waals surface area contributed by atoms with E-state index in [4.69, 9.17) is 4.74 Å². The van der Waals surface area contributed by atoms with Crippen LogP contribution in [0.25, 0.3) is 0 Å². The Balaban J connectivity index is 2.05. The van der Waals surface area contributed by atoms with Crippen molar-refractivity contribution in [3.63, 3.8) is 0 Å². The standard InChI is InChI=1S/C18H36N2O/c1-5-9-15-14-20(16(6-2)13-19-15)17-10-11-21-18(7-3,8-4)12-17/h15-17,19H,5-14H2,1-4H3. The molecule has 124 valence electrons. The molecule has 0 saturated carbocycles. The summed E-state index contributed by atoms with van der Waals surface area (Å²) in [6.07, 6.45) is 8.61. The first kappa shape index (κ1) is 17.2. The fourth-order valence-electron chi connectivity index (χ4n) is 4.28. The van der Waals surface area contributed by atoms with Crippen LogP contribution in [0.3, 0.4) is 0 Å². The van der Waals surface area contributed by atoms with Crippen LogP contribution in [0, 0.1) is 0 Å². The first-order valence-electron chi connectivity index (χ1n) is 9.31. The molecule has 2 heterocycles. The van der Waals surface area contributed by atoms with Gasteiger partial charge in [-0.3, -0.25) is 4.90 Å². The van der Waals surface area contributed by atoms with Crippen molar-refractivity contribution < 1.29 is 4.74 Å². The van der Waals surface area contributed by atoms with E-state index in [1.165, 1.54) is 45.2 Å². The minimum absolute atomic E-state index is 0.145. The molecular formula is C18H36N2O. The molecule has 3 atom stereocenters. The van der Waals surface area contributed by atoms with Crippen molar-refractivity contribution in [1.82, 2.24) is 10.2 Å². The molecule has 0 radical (unpaired) electrons. The topological polar surface area (TPSA) is 24.5 Å². The van der Waals surface area contributed by atoms with Gasteiger partial charge in [-0.15, -0.1) is 0 Å². The number of rotatable bonds is 6. The van der Waals surface area contributed by atoms with Crippen molar-refractivity contribution >= 4 is 0 Å². The minimum atomic E-state index is 0.145. The molecule has 0 spiro atoms. The molecule has 3 unspecified atom stereocenters. The lowest BCUT2D eigenvalue weighted by molar-refractivity contribution is -0.118. The molecule has 2 fully saturated rings. The number of hydrogen-bond donors (Lipinski definition) is 1. The van der Waals surface area contributed by atoms with Crippen LogP contribution in [0.4, 0.5) is 0 Å². The molecule has 1 N–H and O–H groups in total. The van der Waals surface area contributed by atoms with E-state index in [-0.39, 0.29) is 5.60 Å². The molecule has 2 aliphatic rings. The average molecular weight is 296 g/mol. The van der Waals surface area contributed by atoms with Gasteiger partial charge >= 0.3 is 0 Å². The number of piperazine rings is 1. The summed E-state index contributed by atoms with van der Waals surface area (Å²) in [7, 11) is 0. The largest absolute Gasteiger partial charge is 0.375 e. The fourth-order valence-corrected chi connectivity index (χ4v) is 4.28. The molecule has 2 rings (SSSR count). The van der Waals surface area contributed by atoms with Crippen molar-refractivity contribution in [2.24, 2.45) is 0 Å². The summed E-state index contributed by atoms with van der Waals surface area (Å²) in [5, 5.41) is 3.77. The first-order chi connectivity index (χ1) is 10.2. The van der Waals surface area contributed by atoms with Crippen molar-refractivity contribution in [2.75, 3.05) is 19.7 Å². The molecule has 0 amide bonds. The quantitative estimate of drug-likeness (QED) is 0.811. The lowest BCUT2D eigenvalue weighted by atomic mass is 9.84. The molecule has 0 aromatic carbocycles. The number of nitrogens with one attached hydrogen (secondary N) is 1. The van der Waals surface area contributed by atoms with Gasteiger partial charge in [-0.05, 0) is 38.5 Å². The summed E-state index contributed by atoms with van der Waals surface area (Å²) in [5.74, 6) is 0. The Morgan fingerprint density at radius 1 is 1.19 bits per heavy atom. The second-order valence-corrected chi connectivity index (χ2v) is 7.04. The van der Waals surface area contributed by atoms with Gasteiger partial charge in [0.1, 0.15) is 0 Å². The van der Waals surface area contributed by atoms with E-state index in [1.54, 1.807) is 0 Å². The third-order valence-corrected chi connectivity index (χ3v) is 5.88. The Hall–Kier alpha value is -0.120. The maximum atomic E-state index is 6.19. The van der Waals surface area contributed by atoms with Gasteiger partial charge in [0, 0.05) is 37.8 Å². The second-order valence-electron chi connectivity index (χ2n) is 7.04. The molecule has 0 bridgehead atoms. The molecule has 2 aliphatic heterocycles. The summed E-state index contributed by atoms with van der Waals surface area (Å²) in [6.45, 7) is 12.6. The van der Waals surface area contributed by atoms with Gasteiger partial charge < -0.3 is 10.1 Å². The van der Waals surface area contributed by atoms with Crippen LogP contribution in [0.5, 0.6) is 0 Å². The molecular weight excluding hydrogens is 260 g/mol. The third kappa shape index (κ3) is 4.00. The maximum Gasteiger partial charge on any atom is 0.0692 e. The molecule has 0 aliphatic carbocycles. The summed E-state index contributed by atoms with van der Waals surface area (Å²) in [5.41, 5.74) is 0.145. The average Bonchev–Trinajstić information content (AvgIpc) is 2.55. The van der Waals surface area contributed by atoms with Gasteiger partial charge in [0.15, 0.2) is 0 Å². The number of nitrogens with zero attached hydrogens (tertiary/aromatic N) is 1. The monoisotopic (exact) mass is 296 g/mol.